The van der Waals surface area contributed by atoms with Gasteiger partial charge in [0.15, 0.2) is 0 Å². The monoisotopic (exact) mass is 248 g/mol. The average molecular weight is 248 g/mol. The number of hydrogen-bond acceptors (Lipinski definition) is 3. The van der Waals surface area contributed by atoms with Crippen molar-refractivity contribution in [3.05, 3.63) is 35.4 Å². The molecular formula is C15H24N2O. The normalized spacial score (nSPS) is 16.9. The maximum absolute atomic E-state index is 5.58. The van der Waals surface area contributed by atoms with Gasteiger partial charge in [-0.3, -0.25) is 0 Å². The van der Waals surface area contributed by atoms with Gasteiger partial charge in [-0.1, -0.05) is 24.3 Å². The fourth-order valence-corrected chi connectivity index (χ4v) is 2.37. The van der Waals surface area contributed by atoms with Crippen LogP contribution < -0.4 is 11.1 Å². The van der Waals surface area contributed by atoms with E-state index >= 15 is 0 Å². The summed E-state index contributed by atoms with van der Waals surface area (Å²) in [5, 5.41) is 3.51. The Morgan fingerprint density at radius 1 is 1.11 bits per heavy atom. The van der Waals surface area contributed by atoms with E-state index in [0.29, 0.717) is 6.54 Å². The molecule has 1 heterocycles. The molecule has 0 unspecified atom stereocenters. The van der Waals surface area contributed by atoms with Crippen molar-refractivity contribution in [1.82, 2.24) is 5.32 Å². The summed E-state index contributed by atoms with van der Waals surface area (Å²) in [6, 6.07) is 8.53. The Balaban J connectivity index is 1.62. The third-order valence-electron chi connectivity index (χ3n) is 3.66. The summed E-state index contributed by atoms with van der Waals surface area (Å²) >= 11 is 0. The van der Waals surface area contributed by atoms with Crippen LogP contribution in [0.15, 0.2) is 24.3 Å². The van der Waals surface area contributed by atoms with Gasteiger partial charge in [0.25, 0.3) is 0 Å². The highest BCUT2D eigenvalue weighted by Gasteiger charge is 2.12. The van der Waals surface area contributed by atoms with Crippen molar-refractivity contribution < 1.29 is 4.74 Å². The minimum atomic E-state index is 0.622. The van der Waals surface area contributed by atoms with E-state index in [1.54, 1.807) is 0 Å². The number of ether oxygens (including phenoxy) is 1. The van der Waals surface area contributed by atoms with E-state index in [4.69, 9.17) is 10.5 Å². The van der Waals surface area contributed by atoms with Gasteiger partial charge in [0, 0.05) is 26.3 Å². The Morgan fingerprint density at radius 2 is 1.78 bits per heavy atom. The SMILES string of the molecule is NCc1ccc(CNCCC2CCOCC2)cc1. The number of nitrogens with one attached hydrogen (secondary N) is 1. The highest BCUT2D eigenvalue weighted by atomic mass is 16.5. The molecule has 1 aliphatic rings. The average Bonchev–Trinajstić information content (AvgIpc) is 2.45. The summed E-state index contributed by atoms with van der Waals surface area (Å²) in [4.78, 5) is 0. The minimum Gasteiger partial charge on any atom is -0.381 e. The highest BCUT2D eigenvalue weighted by Crippen LogP contribution is 2.17. The molecule has 0 atom stereocenters. The van der Waals surface area contributed by atoms with Crippen molar-refractivity contribution >= 4 is 0 Å². The zero-order valence-corrected chi connectivity index (χ0v) is 11.0. The van der Waals surface area contributed by atoms with Crippen LogP contribution >= 0.6 is 0 Å². The number of nitrogens with two attached hydrogens (primary N) is 1. The van der Waals surface area contributed by atoms with E-state index in [9.17, 15) is 0 Å². The zero-order chi connectivity index (χ0) is 12.6. The van der Waals surface area contributed by atoms with E-state index < -0.39 is 0 Å². The topological polar surface area (TPSA) is 47.3 Å². The van der Waals surface area contributed by atoms with Crippen LogP contribution in [0.3, 0.4) is 0 Å². The highest BCUT2D eigenvalue weighted by molar-refractivity contribution is 5.22. The van der Waals surface area contributed by atoms with Crippen molar-refractivity contribution in [3.8, 4) is 0 Å². The fraction of sp³-hybridized carbons (Fsp3) is 0.600. The van der Waals surface area contributed by atoms with Gasteiger partial charge in [0.2, 0.25) is 0 Å². The quantitative estimate of drug-likeness (QED) is 0.758. The van der Waals surface area contributed by atoms with Crippen LogP contribution in [-0.2, 0) is 17.8 Å². The van der Waals surface area contributed by atoms with Crippen LogP contribution in [-0.4, -0.2) is 19.8 Å². The van der Waals surface area contributed by atoms with E-state index in [0.717, 1.165) is 32.2 Å². The van der Waals surface area contributed by atoms with Gasteiger partial charge >= 0.3 is 0 Å². The fourth-order valence-electron chi connectivity index (χ4n) is 2.37. The van der Waals surface area contributed by atoms with E-state index in [2.05, 4.69) is 29.6 Å². The number of hydrogen-bond donors (Lipinski definition) is 2. The molecule has 0 spiro atoms. The molecule has 3 N–H and O–H groups in total. The second-order valence-corrected chi connectivity index (χ2v) is 5.04. The Kier molecular flexibility index (Phi) is 5.65. The standard InChI is InChI=1S/C15H24N2O/c16-11-14-1-3-15(4-2-14)12-17-8-5-13-6-9-18-10-7-13/h1-4,13,17H,5-12,16H2. The third kappa shape index (κ3) is 4.41. The smallest absolute Gasteiger partial charge is 0.0468 e. The van der Waals surface area contributed by atoms with Crippen LogP contribution in [0.25, 0.3) is 0 Å². The van der Waals surface area contributed by atoms with Gasteiger partial charge in [-0.2, -0.15) is 0 Å². The zero-order valence-electron chi connectivity index (χ0n) is 11.0. The summed E-state index contributed by atoms with van der Waals surface area (Å²) in [5.41, 5.74) is 8.11. The third-order valence-corrected chi connectivity index (χ3v) is 3.66. The Labute approximate surface area is 110 Å². The lowest BCUT2D eigenvalue weighted by atomic mass is 9.97. The minimum absolute atomic E-state index is 0.622. The predicted molar refractivity (Wildman–Crippen MR) is 74.2 cm³/mol. The molecule has 0 aromatic heterocycles. The Hall–Kier alpha value is -0.900. The molecule has 1 aromatic carbocycles. The van der Waals surface area contributed by atoms with Crippen LogP contribution in [0.2, 0.25) is 0 Å². The second kappa shape index (κ2) is 7.52. The van der Waals surface area contributed by atoms with Crippen molar-refractivity contribution in [2.45, 2.75) is 32.4 Å². The Bertz CT molecular complexity index is 331. The van der Waals surface area contributed by atoms with Crippen molar-refractivity contribution in [2.75, 3.05) is 19.8 Å². The van der Waals surface area contributed by atoms with Gasteiger partial charge in [-0.05, 0) is 42.9 Å². The summed E-state index contributed by atoms with van der Waals surface area (Å²) < 4.78 is 5.37. The summed E-state index contributed by atoms with van der Waals surface area (Å²) in [7, 11) is 0. The van der Waals surface area contributed by atoms with E-state index in [1.807, 2.05) is 0 Å². The van der Waals surface area contributed by atoms with Gasteiger partial charge in [0.1, 0.15) is 0 Å². The molecule has 0 amide bonds. The molecule has 1 aliphatic heterocycles. The Morgan fingerprint density at radius 3 is 2.44 bits per heavy atom. The molecule has 1 saturated heterocycles. The lowest BCUT2D eigenvalue weighted by Crippen LogP contribution is -2.22. The lowest BCUT2D eigenvalue weighted by Gasteiger charge is -2.21. The molecule has 100 valence electrons. The molecule has 3 heteroatoms. The number of benzene rings is 1. The molecule has 0 saturated carbocycles. The predicted octanol–water partition coefficient (Wildman–Crippen LogP) is 2.05. The molecule has 0 bridgehead atoms. The van der Waals surface area contributed by atoms with Crippen molar-refractivity contribution in [3.63, 3.8) is 0 Å². The van der Waals surface area contributed by atoms with Crippen molar-refractivity contribution in [2.24, 2.45) is 11.7 Å². The van der Waals surface area contributed by atoms with Gasteiger partial charge in [-0.15, -0.1) is 0 Å². The molecule has 0 radical (unpaired) electrons. The van der Waals surface area contributed by atoms with Crippen LogP contribution in [0.4, 0.5) is 0 Å². The van der Waals surface area contributed by atoms with Crippen molar-refractivity contribution in [1.29, 1.82) is 0 Å². The molecule has 3 nitrogen and oxygen atoms in total. The van der Waals surface area contributed by atoms with Gasteiger partial charge < -0.3 is 15.8 Å². The second-order valence-electron chi connectivity index (χ2n) is 5.04. The van der Waals surface area contributed by atoms with Crippen LogP contribution in [0.1, 0.15) is 30.4 Å². The lowest BCUT2D eigenvalue weighted by molar-refractivity contribution is 0.0639. The number of rotatable bonds is 6. The molecule has 2 rings (SSSR count). The molecular weight excluding hydrogens is 224 g/mol. The summed E-state index contributed by atoms with van der Waals surface area (Å²) in [5.74, 6) is 0.853. The molecule has 1 aromatic rings. The van der Waals surface area contributed by atoms with Gasteiger partial charge in [0.05, 0.1) is 0 Å². The van der Waals surface area contributed by atoms with E-state index in [-0.39, 0.29) is 0 Å². The molecule has 1 fully saturated rings. The first-order valence-corrected chi connectivity index (χ1v) is 6.95. The largest absolute Gasteiger partial charge is 0.381 e. The maximum atomic E-state index is 5.58. The molecule has 18 heavy (non-hydrogen) atoms. The summed E-state index contributed by atoms with van der Waals surface area (Å²) in [6.07, 6.45) is 3.73. The van der Waals surface area contributed by atoms with Crippen LogP contribution in [0, 0.1) is 5.92 Å². The first kappa shape index (κ1) is 13.5. The first-order chi connectivity index (χ1) is 8.88. The molecule has 0 aliphatic carbocycles. The van der Waals surface area contributed by atoms with E-state index in [1.165, 1.54) is 30.4 Å². The first-order valence-electron chi connectivity index (χ1n) is 6.95. The summed E-state index contributed by atoms with van der Waals surface area (Å²) in [6.45, 7) is 4.57. The van der Waals surface area contributed by atoms with Crippen LogP contribution in [0.5, 0.6) is 0 Å². The maximum Gasteiger partial charge on any atom is 0.0468 e. The van der Waals surface area contributed by atoms with Gasteiger partial charge in [-0.25, -0.2) is 0 Å².